The lowest BCUT2D eigenvalue weighted by Crippen LogP contribution is -2.16. The molecular formula is C10H6BrClFN4O2S. The van der Waals surface area contributed by atoms with Gasteiger partial charge < -0.3 is 0 Å². The van der Waals surface area contributed by atoms with Crippen LogP contribution < -0.4 is 11.3 Å². The van der Waals surface area contributed by atoms with Crippen LogP contribution in [0.3, 0.4) is 0 Å². The van der Waals surface area contributed by atoms with Crippen LogP contribution in [-0.2, 0) is 10.0 Å². The van der Waals surface area contributed by atoms with Crippen molar-refractivity contribution in [1.82, 2.24) is 16.1 Å². The Morgan fingerprint density at radius 3 is 2.60 bits per heavy atom. The molecule has 10 heteroatoms. The van der Waals surface area contributed by atoms with Crippen LogP contribution in [0.2, 0.25) is 5.15 Å². The molecule has 2 heterocycles. The first kappa shape index (κ1) is 16.9. The van der Waals surface area contributed by atoms with Crippen molar-refractivity contribution in [2.75, 3.05) is 0 Å². The molecule has 0 aliphatic carbocycles. The molecule has 0 amide bonds. The largest absolute Gasteiger partial charge is 0.254 e. The number of halogens is 3. The second-order valence-corrected chi connectivity index (χ2v) is 6.28. The van der Waals surface area contributed by atoms with E-state index in [4.69, 9.17) is 16.7 Å². The maximum absolute atomic E-state index is 13.7. The molecule has 0 unspecified atom stereocenters. The number of rotatable bonds is 2. The Hall–Kier alpha value is -1.13. The lowest BCUT2D eigenvalue weighted by atomic mass is 10.2. The van der Waals surface area contributed by atoms with Crippen molar-refractivity contribution in [1.29, 1.82) is 0 Å². The number of nitrogens with zero attached hydrogens (tertiary/aromatic N) is 3. The predicted octanol–water partition coefficient (Wildman–Crippen LogP) is 1.87. The molecular weight excluding hydrogens is 375 g/mol. The zero-order valence-electron chi connectivity index (χ0n) is 9.59. The third-order valence-corrected chi connectivity index (χ3v) is 3.89. The fraction of sp³-hybridized carbons (Fsp3) is 0. The van der Waals surface area contributed by atoms with Crippen molar-refractivity contribution in [3.05, 3.63) is 40.0 Å². The number of primary sulfonamides is 1. The Balaban J connectivity index is 0.00000200. The molecule has 2 rings (SSSR count). The van der Waals surface area contributed by atoms with Gasteiger partial charge >= 0.3 is 0 Å². The minimum Gasteiger partial charge on any atom is -0.254 e. The fourth-order valence-corrected chi connectivity index (χ4v) is 2.77. The van der Waals surface area contributed by atoms with Gasteiger partial charge in [0.25, 0.3) is 0 Å². The van der Waals surface area contributed by atoms with Crippen molar-refractivity contribution in [3.63, 3.8) is 0 Å². The highest BCUT2D eigenvalue weighted by molar-refractivity contribution is 9.10. The second-order valence-electron chi connectivity index (χ2n) is 3.51. The number of hydrogen-bond donors (Lipinski definition) is 1. The van der Waals surface area contributed by atoms with E-state index >= 15 is 0 Å². The third-order valence-electron chi connectivity index (χ3n) is 2.20. The maximum Gasteiger partial charge on any atom is 0.243 e. The molecule has 0 aromatic carbocycles. The van der Waals surface area contributed by atoms with Crippen molar-refractivity contribution in [2.24, 2.45) is 5.14 Å². The number of pyridine rings is 2. The summed E-state index contributed by atoms with van der Waals surface area (Å²) in [7, 11) is -4.28. The Morgan fingerprint density at radius 2 is 2.00 bits per heavy atom. The summed E-state index contributed by atoms with van der Waals surface area (Å²) in [5.74, 6) is -0.997. The summed E-state index contributed by atoms with van der Waals surface area (Å²) in [4.78, 5) is 6.95. The molecule has 0 saturated heterocycles. The molecule has 0 aliphatic heterocycles. The van der Waals surface area contributed by atoms with Crippen LogP contribution in [-0.4, -0.2) is 18.4 Å². The molecule has 0 saturated carbocycles. The molecule has 2 aromatic heterocycles. The van der Waals surface area contributed by atoms with Crippen LogP contribution in [0.5, 0.6) is 0 Å². The summed E-state index contributed by atoms with van der Waals surface area (Å²) in [6.45, 7) is 0. The minimum atomic E-state index is -4.28. The first-order chi connectivity index (χ1) is 8.80. The van der Waals surface area contributed by atoms with Gasteiger partial charge in [-0.15, -0.1) is 0 Å². The molecule has 0 spiro atoms. The number of aromatic nitrogens is 2. The van der Waals surface area contributed by atoms with Crippen LogP contribution in [0.4, 0.5) is 4.39 Å². The quantitative estimate of drug-likeness (QED) is 0.800. The van der Waals surface area contributed by atoms with Gasteiger partial charge in [0.1, 0.15) is 15.9 Å². The molecule has 105 valence electrons. The highest BCUT2D eigenvalue weighted by atomic mass is 79.9. The molecule has 0 atom stereocenters. The van der Waals surface area contributed by atoms with Crippen LogP contribution in [0.15, 0.2) is 33.9 Å². The van der Waals surface area contributed by atoms with Crippen LogP contribution in [0, 0.1) is 5.82 Å². The van der Waals surface area contributed by atoms with Crippen molar-refractivity contribution in [2.45, 2.75) is 4.90 Å². The normalized spacial score (nSPS) is 11.0. The highest BCUT2D eigenvalue weighted by Gasteiger charge is 2.23. The van der Waals surface area contributed by atoms with E-state index in [-0.39, 0.29) is 22.6 Å². The molecule has 2 aromatic rings. The van der Waals surface area contributed by atoms with Gasteiger partial charge in [-0.1, -0.05) is 11.6 Å². The van der Waals surface area contributed by atoms with E-state index in [1.165, 1.54) is 12.3 Å². The maximum atomic E-state index is 13.7. The average molecular weight is 381 g/mol. The minimum absolute atomic E-state index is 0. The van der Waals surface area contributed by atoms with Gasteiger partial charge in [0.05, 0.1) is 5.69 Å². The van der Waals surface area contributed by atoms with E-state index in [1.54, 1.807) is 0 Å². The molecule has 2 N–H and O–H groups in total. The van der Waals surface area contributed by atoms with Gasteiger partial charge in [0, 0.05) is 28.6 Å². The standard InChI is InChI=1S/C10H6BrClFN3O2S.N/c11-5-3-6(10(12)16-4-5)8-9(19(14,17)18)7(13)1-2-15-8;/h1-4H,(H2,14,17,18);. The summed E-state index contributed by atoms with van der Waals surface area (Å²) in [6, 6.07) is 2.38. The average Bonchev–Trinajstić information content (AvgIpc) is 2.30. The van der Waals surface area contributed by atoms with E-state index in [0.29, 0.717) is 4.47 Å². The van der Waals surface area contributed by atoms with Crippen molar-refractivity contribution >= 4 is 37.6 Å². The topological polar surface area (TPSA) is 116 Å². The summed E-state index contributed by atoms with van der Waals surface area (Å²) in [5, 5.41) is 4.99. The van der Waals surface area contributed by atoms with Gasteiger partial charge in [0.15, 0.2) is 0 Å². The SMILES string of the molecule is NS(=O)(=O)c1c(F)ccnc1-c1cc(Br)cnc1Cl.[N]. The van der Waals surface area contributed by atoms with Crippen molar-refractivity contribution < 1.29 is 12.8 Å². The smallest absolute Gasteiger partial charge is 0.243 e. The molecule has 20 heavy (non-hydrogen) atoms. The third kappa shape index (κ3) is 3.30. The number of sulfonamides is 1. The summed E-state index contributed by atoms with van der Waals surface area (Å²) in [6.07, 6.45) is 2.54. The molecule has 3 radical (unpaired) electrons. The van der Waals surface area contributed by atoms with Crippen molar-refractivity contribution in [3.8, 4) is 11.3 Å². The number of hydrogen-bond acceptors (Lipinski definition) is 4. The van der Waals surface area contributed by atoms with Crippen LogP contribution >= 0.6 is 27.5 Å². The lowest BCUT2D eigenvalue weighted by Gasteiger charge is -2.09. The molecule has 0 fully saturated rings. The van der Waals surface area contributed by atoms with Crippen LogP contribution in [0.1, 0.15) is 0 Å². The van der Waals surface area contributed by atoms with Gasteiger partial charge in [0.2, 0.25) is 10.0 Å². The van der Waals surface area contributed by atoms with E-state index < -0.39 is 20.7 Å². The van der Waals surface area contributed by atoms with Crippen LogP contribution in [0.25, 0.3) is 11.3 Å². The lowest BCUT2D eigenvalue weighted by molar-refractivity contribution is 0.567. The molecule has 0 aliphatic rings. The summed E-state index contributed by atoms with van der Waals surface area (Å²) in [5.41, 5.74) is -0.0131. The Morgan fingerprint density at radius 1 is 1.35 bits per heavy atom. The zero-order chi connectivity index (χ0) is 14.2. The molecule has 0 bridgehead atoms. The Labute approximate surface area is 128 Å². The number of nitrogens with two attached hydrogens (primary N) is 1. The first-order valence-corrected chi connectivity index (χ1v) is 7.51. The van der Waals surface area contributed by atoms with E-state index in [2.05, 4.69) is 25.9 Å². The Kier molecular flexibility index (Phi) is 5.16. The Bertz CT molecular complexity index is 757. The first-order valence-electron chi connectivity index (χ1n) is 4.79. The molecule has 6 nitrogen and oxygen atoms in total. The fourth-order valence-electron chi connectivity index (χ4n) is 1.48. The predicted molar refractivity (Wildman–Crippen MR) is 73.6 cm³/mol. The van der Waals surface area contributed by atoms with E-state index in [1.807, 2.05) is 0 Å². The van der Waals surface area contributed by atoms with E-state index in [9.17, 15) is 12.8 Å². The summed E-state index contributed by atoms with van der Waals surface area (Å²) < 4.78 is 37.2. The summed E-state index contributed by atoms with van der Waals surface area (Å²) >= 11 is 9.04. The van der Waals surface area contributed by atoms with Gasteiger partial charge in [-0.3, -0.25) is 4.98 Å². The van der Waals surface area contributed by atoms with E-state index in [0.717, 1.165) is 12.3 Å². The van der Waals surface area contributed by atoms with Gasteiger partial charge in [-0.25, -0.2) is 22.9 Å². The van der Waals surface area contributed by atoms with Gasteiger partial charge in [-0.2, -0.15) is 0 Å². The highest BCUT2D eigenvalue weighted by Crippen LogP contribution is 2.32. The zero-order valence-corrected chi connectivity index (χ0v) is 12.7. The monoisotopic (exact) mass is 379 g/mol. The second kappa shape index (κ2) is 6.10. The van der Waals surface area contributed by atoms with Gasteiger partial charge in [-0.05, 0) is 28.1 Å².